The summed E-state index contributed by atoms with van der Waals surface area (Å²) in [5.74, 6) is -2.91. The van der Waals surface area contributed by atoms with E-state index in [0.717, 1.165) is 19.6 Å². The van der Waals surface area contributed by atoms with Crippen LogP contribution in [0.4, 0.5) is 0 Å². The van der Waals surface area contributed by atoms with Crippen LogP contribution in [0, 0.1) is 0 Å². The van der Waals surface area contributed by atoms with Gasteiger partial charge in [-0.15, -0.1) is 11.8 Å². The molecule has 0 aliphatic carbocycles. The van der Waals surface area contributed by atoms with Crippen molar-refractivity contribution in [2.24, 2.45) is 0 Å². The van der Waals surface area contributed by atoms with E-state index in [1.54, 1.807) is 25.6 Å². The molecule has 3 rings (SSSR count). The molecule has 0 spiro atoms. The Morgan fingerprint density at radius 1 is 0.769 bits per heavy atom. The van der Waals surface area contributed by atoms with Crippen molar-refractivity contribution < 1.29 is 61.8 Å². The smallest absolute Gasteiger partial charge is 0.303 e. The first-order valence-corrected chi connectivity index (χ1v) is 13.9. The highest BCUT2D eigenvalue weighted by Crippen LogP contribution is 2.43. The second-order valence-electron chi connectivity index (χ2n) is 9.90. The van der Waals surface area contributed by atoms with Crippen LogP contribution >= 0.6 is 11.8 Å². The van der Waals surface area contributed by atoms with Crippen LogP contribution in [-0.4, -0.2) is 103 Å². The van der Waals surface area contributed by atoms with Crippen LogP contribution in [0.3, 0.4) is 0 Å². The van der Waals surface area contributed by atoms with Crippen molar-refractivity contribution in [2.75, 3.05) is 12.4 Å². The van der Waals surface area contributed by atoms with Crippen LogP contribution in [0.15, 0.2) is 0 Å². The summed E-state index contributed by atoms with van der Waals surface area (Å²) in [5, 5.41) is 0. The molecule has 0 amide bonds. The molecule has 0 aromatic rings. The summed E-state index contributed by atoms with van der Waals surface area (Å²) < 4.78 is 52.6. The summed E-state index contributed by atoms with van der Waals surface area (Å²) in [6.45, 7) is 11.7. The van der Waals surface area contributed by atoms with Crippen LogP contribution < -0.4 is 0 Å². The van der Waals surface area contributed by atoms with E-state index in [2.05, 4.69) is 0 Å². The summed E-state index contributed by atoms with van der Waals surface area (Å²) in [6, 6.07) is 0. The third kappa shape index (κ3) is 8.04. The van der Waals surface area contributed by atoms with E-state index in [9.17, 15) is 19.2 Å². The highest BCUT2D eigenvalue weighted by molar-refractivity contribution is 7.99. The lowest BCUT2D eigenvalue weighted by Gasteiger charge is -2.47. The van der Waals surface area contributed by atoms with Crippen molar-refractivity contribution in [2.45, 2.75) is 122 Å². The summed E-state index contributed by atoms with van der Waals surface area (Å²) in [5.41, 5.74) is -0.313. The molecule has 3 fully saturated rings. The normalized spacial score (nSPS) is 37.3. The molecular formula is C25H38O13S. The Bertz CT molecular complexity index is 910. The minimum absolute atomic E-state index is 0.313. The molecule has 0 bridgehead atoms. The maximum atomic E-state index is 12.1. The molecule has 222 valence electrons. The van der Waals surface area contributed by atoms with Gasteiger partial charge >= 0.3 is 23.9 Å². The van der Waals surface area contributed by atoms with E-state index >= 15 is 0 Å². The van der Waals surface area contributed by atoms with Crippen LogP contribution in [0.25, 0.3) is 0 Å². The van der Waals surface area contributed by atoms with Crippen LogP contribution in [0.1, 0.15) is 55.4 Å². The fourth-order valence-electron chi connectivity index (χ4n) is 4.85. The molecule has 13 nitrogen and oxygen atoms in total. The topological polar surface area (TPSA) is 151 Å². The molecule has 0 N–H and O–H groups in total. The van der Waals surface area contributed by atoms with Gasteiger partial charge in [0.05, 0.1) is 6.10 Å². The first kappa shape index (κ1) is 31.6. The molecule has 3 aliphatic heterocycles. The molecule has 3 heterocycles. The molecule has 3 aliphatic rings. The average molecular weight is 579 g/mol. The molecule has 0 radical (unpaired) electrons. The lowest BCUT2D eigenvalue weighted by atomic mass is 9.97. The number of rotatable bonds is 9. The van der Waals surface area contributed by atoms with Crippen molar-refractivity contribution in [3.8, 4) is 0 Å². The van der Waals surface area contributed by atoms with Crippen molar-refractivity contribution in [3.05, 3.63) is 0 Å². The van der Waals surface area contributed by atoms with Gasteiger partial charge in [-0.2, -0.15) is 0 Å². The maximum absolute atomic E-state index is 12.1. The summed E-state index contributed by atoms with van der Waals surface area (Å²) in [7, 11) is 0. The van der Waals surface area contributed by atoms with Crippen LogP contribution in [-0.2, 0) is 61.8 Å². The molecular weight excluding hydrogens is 540 g/mol. The Morgan fingerprint density at radius 2 is 1.33 bits per heavy atom. The van der Waals surface area contributed by atoms with Gasteiger partial charge < -0.3 is 42.6 Å². The van der Waals surface area contributed by atoms with E-state index in [1.165, 1.54) is 13.8 Å². The van der Waals surface area contributed by atoms with Crippen molar-refractivity contribution in [1.29, 1.82) is 0 Å². The second kappa shape index (κ2) is 13.1. The minimum atomic E-state index is -1.36. The van der Waals surface area contributed by atoms with Crippen molar-refractivity contribution >= 4 is 35.6 Å². The van der Waals surface area contributed by atoms with Gasteiger partial charge in [0.15, 0.2) is 30.4 Å². The number of ether oxygens (including phenoxy) is 9. The van der Waals surface area contributed by atoms with Gasteiger partial charge in [-0.25, -0.2) is 0 Å². The molecule has 0 aromatic carbocycles. The predicted molar refractivity (Wildman–Crippen MR) is 133 cm³/mol. The van der Waals surface area contributed by atoms with Gasteiger partial charge in [0.2, 0.25) is 0 Å². The Balaban J connectivity index is 1.97. The highest BCUT2D eigenvalue weighted by Gasteiger charge is 2.58. The lowest BCUT2D eigenvalue weighted by molar-refractivity contribution is -0.334. The third-order valence-corrected chi connectivity index (χ3v) is 7.18. The monoisotopic (exact) mass is 578 g/mol. The molecule has 0 saturated carbocycles. The van der Waals surface area contributed by atoms with Gasteiger partial charge in [0, 0.05) is 27.7 Å². The number of hydrogen-bond acceptors (Lipinski definition) is 14. The highest BCUT2D eigenvalue weighted by atomic mass is 32.2. The average Bonchev–Trinajstić information content (AvgIpc) is 3.13. The molecule has 0 aromatic heterocycles. The first-order chi connectivity index (χ1) is 18.2. The maximum Gasteiger partial charge on any atom is 0.303 e. The third-order valence-electron chi connectivity index (χ3n) is 6.14. The number of carbonyl (C=O) groups excluding carboxylic acids is 4. The molecule has 14 heteroatoms. The summed E-state index contributed by atoms with van der Waals surface area (Å²) >= 11 is 1.58. The number of hydrogen-bond donors (Lipinski definition) is 0. The Hall–Kier alpha value is -1.97. The number of thioether (sulfide) groups is 1. The fraction of sp³-hybridized carbons (Fsp3) is 0.840. The minimum Gasteiger partial charge on any atom is -0.463 e. The van der Waals surface area contributed by atoms with Crippen LogP contribution in [0.2, 0.25) is 0 Å². The van der Waals surface area contributed by atoms with E-state index in [1.807, 2.05) is 13.8 Å². The van der Waals surface area contributed by atoms with Gasteiger partial charge in [-0.05, 0) is 26.5 Å². The Kier molecular flexibility index (Phi) is 10.6. The van der Waals surface area contributed by atoms with E-state index in [0.29, 0.717) is 0 Å². The van der Waals surface area contributed by atoms with Crippen molar-refractivity contribution in [1.82, 2.24) is 0 Å². The zero-order valence-electron chi connectivity index (χ0n) is 23.4. The SMILES string of the molecule is CCS[C@@H]1O[C@@H](C)[C@H](O[C@@H]2O[C@H](COC(C)=O)[C@@H](OC(C)=O)[C@H](OC(C)=O)[C@H]2OC(C)=O)[C@H]2OC(C)(C)O[C@H]21. The zero-order chi connectivity index (χ0) is 29.1. The predicted octanol–water partition coefficient (Wildman–Crippen LogP) is 1.47. The van der Waals surface area contributed by atoms with Gasteiger partial charge in [0.1, 0.15) is 36.5 Å². The molecule has 3 saturated heterocycles. The number of esters is 4. The Labute approximate surface area is 231 Å². The summed E-state index contributed by atoms with van der Waals surface area (Å²) in [6.07, 6.45) is -8.81. The van der Waals surface area contributed by atoms with E-state index < -0.39 is 84.8 Å². The van der Waals surface area contributed by atoms with E-state index in [-0.39, 0.29) is 12.0 Å². The number of fused-ring (bicyclic) bond motifs is 1. The fourth-order valence-corrected chi connectivity index (χ4v) is 5.84. The zero-order valence-corrected chi connectivity index (χ0v) is 24.2. The van der Waals surface area contributed by atoms with Gasteiger partial charge in [0.25, 0.3) is 0 Å². The molecule has 39 heavy (non-hydrogen) atoms. The standard InChI is InChI=1S/C25H38O13S/c1-9-39-24-22-20(37-25(7,8)38-22)17(11(2)31-24)36-23-21(34-15(6)29)19(33-14(5)28)18(32-13(4)27)16(35-23)10-30-12(3)26/h11,16-24H,9-10H2,1-8H3/t11-,16+,17-,18+,19-,20+,21+,22+,23-,24-/m0/s1. The number of carbonyl (C=O) groups is 4. The van der Waals surface area contributed by atoms with Crippen molar-refractivity contribution in [3.63, 3.8) is 0 Å². The first-order valence-electron chi connectivity index (χ1n) is 12.8. The van der Waals surface area contributed by atoms with E-state index in [4.69, 9.17) is 42.6 Å². The molecule has 10 atom stereocenters. The van der Waals surface area contributed by atoms with Gasteiger partial charge in [-0.1, -0.05) is 6.92 Å². The summed E-state index contributed by atoms with van der Waals surface area (Å²) in [4.78, 5) is 47.7. The van der Waals surface area contributed by atoms with Crippen LogP contribution in [0.5, 0.6) is 0 Å². The largest absolute Gasteiger partial charge is 0.463 e. The lowest BCUT2D eigenvalue weighted by Crippen LogP contribution is -2.65. The Morgan fingerprint density at radius 3 is 1.90 bits per heavy atom. The van der Waals surface area contributed by atoms with Gasteiger partial charge in [-0.3, -0.25) is 19.2 Å². The quantitative estimate of drug-likeness (QED) is 0.287. The second-order valence-corrected chi connectivity index (χ2v) is 11.3. The molecule has 0 unspecified atom stereocenters.